The van der Waals surface area contributed by atoms with Crippen LogP contribution in [0.25, 0.3) is 0 Å². The van der Waals surface area contributed by atoms with E-state index in [1.165, 1.54) is 6.08 Å². The van der Waals surface area contributed by atoms with Crippen molar-refractivity contribution in [3.8, 4) is 5.75 Å². The van der Waals surface area contributed by atoms with Gasteiger partial charge in [-0.1, -0.05) is 77.7 Å². The van der Waals surface area contributed by atoms with Crippen LogP contribution in [0.4, 0.5) is 0 Å². The minimum Gasteiger partial charge on any atom is -0.494 e. The number of carboxylic acid groups (broad SMARTS) is 3. The van der Waals surface area contributed by atoms with E-state index in [2.05, 4.69) is 33.0 Å². The maximum atomic E-state index is 13.3. The van der Waals surface area contributed by atoms with Crippen molar-refractivity contribution in [1.29, 1.82) is 0 Å². The Hall–Kier alpha value is -3.73. The van der Waals surface area contributed by atoms with Gasteiger partial charge in [-0.05, 0) is 61.6 Å². The van der Waals surface area contributed by atoms with E-state index in [-0.39, 0.29) is 12.2 Å². The Morgan fingerprint density at radius 2 is 1.43 bits per heavy atom. The molecule has 1 rings (SSSR count). The molecule has 0 aliphatic carbocycles. The summed E-state index contributed by atoms with van der Waals surface area (Å²) in [5, 5.41) is 42.1. The van der Waals surface area contributed by atoms with Crippen molar-refractivity contribution in [2.24, 2.45) is 17.8 Å². The van der Waals surface area contributed by atoms with Gasteiger partial charge in [0.15, 0.2) is 5.60 Å². The van der Waals surface area contributed by atoms with Gasteiger partial charge in [0.2, 0.25) is 5.91 Å². The van der Waals surface area contributed by atoms with Crippen LogP contribution in [-0.4, -0.2) is 68.3 Å². The summed E-state index contributed by atoms with van der Waals surface area (Å²) in [6.45, 7) is 9.02. The lowest BCUT2D eigenvalue weighted by atomic mass is 9.82. The van der Waals surface area contributed by atoms with E-state index in [9.17, 15) is 44.4 Å². The third-order valence-electron chi connectivity index (χ3n) is 7.92. The fraction of sp³-hybridized carbons (Fsp3) is 0.639. The molecular formula is C36H55NO10. The minimum absolute atomic E-state index is 0.144. The number of aliphatic carboxylic acids is 3. The summed E-state index contributed by atoms with van der Waals surface area (Å²) in [6.07, 6.45) is 9.73. The van der Waals surface area contributed by atoms with E-state index < -0.39 is 47.8 Å². The van der Waals surface area contributed by atoms with Crippen LogP contribution in [0.5, 0.6) is 5.75 Å². The van der Waals surface area contributed by atoms with Gasteiger partial charge in [-0.2, -0.15) is 0 Å². The molecule has 1 aromatic carbocycles. The SMILES string of the molecule is CC(C)CCCCC(=O)CCCCCC/C=C/[C@H](C(=O)N[C@@H](Cc1ccc(OCCC(C)C)cc1)C(=O)O)C(O)(CC(=O)O)C(=O)O. The molecule has 0 aliphatic heterocycles. The fourth-order valence-electron chi connectivity index (χ4n) is 5.01. The van der Waals surface area contributed by atoms with Crippen LogP contribution in [0.1, 0.15) is 110 Å². The summed E-state index contributed by atoms with van der Waals surface area (Å²) in [4.78, 5) is 61.0. The highest BCUT2D eigenvalue weighted by molar-refractivity contribution is 5.94. The molecule has 1 aromatic rings. The topological polar surface area (TPSA) is 188 Å². The van der Waals surface area contributed by atoms with Crippen molar-refractivity contribution in [1.82, 2.24) is 5.32 Å². The zero-order chi connectivity index (χ0) is 35.4. The molecule has 0 spiro atoms. The van der Waals surface area contributed by atoms with Gasteiger partial charge >= 0.3 is 17.9 Å². The first-order valence-electron chi connectivity index (χ1n) is 16.8. The molecule has 47 heavy (non-hydrogen) atoms. The molecule has 11 nitrogen and oxygen atoms in total. The first kappa shape index (κ1) is 41.3. The van der Waals surface area contributed by atoms with Crippen molar-refractivity contribution in [3.63, 3.8) is 0 Å². The number of rotatable bonds is 26. The molecule has 1 unspecified atom stereocenters. The molecule has 0 saturated heterocycles. The summed E-state index contributed by atoms with van der Waals surface area (Å²) >= 11 is 0. The number of carbonyl (C=O) groups is 5. The molecule has 0 heterocycles. The standard InChI is InChI=1S/C36H55NO10/c1-25(2)13-11-12-15-28(38)14-9-7-5-6-8-10-16-30(36(46,35(44)45)24-32(39)40)33(41)37-31(34(42)43)23-27-17-19-29(20-18-27)47-22-21-26(3)4/h10,16-20,25-26,30-31,46H,5-9,11-15,21-24H2,1-4H3,(H,37,41)(H,39,40)(H,42,43)(H,44,45)/b16-10+/t30-,31+,36?/m1/s1. The molecule has 0 aromatic heterocycles. The average molecular weight is 662 g/mol. The van der Waals surface area contributed by atoms with E-state index in [0.717, 1.165) is 51.0 Å². The maximum Gasteiger partial charge on any atom is 0.337 e. The largest absolute Gasteiger partial charge is 0.494 e. The second-order valence-electron chi connectivity index (χ2n) is 13.1. The normalized spacial score (nSPS) is 14.1. The first-order valence-corrected chi connectivity index (χ1v) is 16.8. The van der Waals surface area contributed by atoms with Crippen molar-refractivity contribution in [3.05, 3.63) is 42.0 Å². The third kappa shape index (κ3) is 17.1. The maximum absolute atomic E-state index is 13.3. The van der Waals surface area contributed by atoms with Crippen LogP contribution in [0.3, 0.4) is 0 Å². The summed E-state index contributed by atoms with van der Waals surface area (Å²) < 4.78 is 5.68. The lowest BCUT2D eigenvalue weighted by Crippen LogP contribution is -2.55. The highest BCUT2D eigenvalue weighted by Gasteiger charge is 2.49. The van der Waals surface area contributed by atoms with Gasteiger partial charge in [-0.25, -0.2) is 9.59 Å². The quantitative estimate of drug-likeness (QED) is 0.0599. The summed E-state index contributed by atoms with van der Waals surface area (Å²) in [7, 11) is 0. The Labute approximate surface area is 278 Å². The molecule has 3 atom stereocenters. The van der Waals surface area contributed by atoms with Gasteiger partial charge in [0, 0.05) is 19.3 Å². The van der Waals surface area contributed by atoms with Crippen molar-refractivity contribution in [2.45, 2.75) is 123 Å². The molecule has 0 saturated carbocycles. The molecule has 264 valence electrons. The summed E-state index contributed by atoms with van der Waals surface area (Å²) in [5.41, 5.74) is -2.45. The number of Topliss-reactive ketones (excluding diaryl/α,β-unsaturated/α-hetero) is 1. The number of hydrogen-bond acceptors (Lipinski definition) is 7. The second kappa shape index (κ2) is 22.0. The molecule has 0 bridgehead atoms. The number of carboxylic acids is 3. The van der Waals surface area contributed by atoms with Gasteiger partial charge < -0.3 is 30.5 Å². The van der Waals surface area contributed by atoms with Crippen LogP contribution >= 0.6 is 0 Å². The molecule has 5 N–H and O–H groups in total. The van der Waals surface area contributed by atoms with E-state index in [1.54, 1.807) is 24.3 Å². The molecule has 1 amide bonds. The second-order valence-corrected chi connectivity index (χ2v) is 13.1. The lowest BCUT2D eigenvalue weighted by Gasteiger charge is -2.29. The van der Waals surface area contributed by atoms with Crippen molar-refractivity contribution in [2.75, 3.05) is 6.61 Å². The van der Waals surface area contributed by atoms with Crippen LogP contribution in [0, 0.1) is 17.8 Å². The highest BCUT2D eigenvalue weighted by atomic mass is 16.5. The van der Waals surface area contributed by atoms with Gasteiger partial charge in [0.1, 0.15) is 17.6 Å². The molecule has 11 heteroatoms. The van der Waals surface area contributed by atoms with Crippen LogP contribution < -0.4 is 10.1 Å². The predicted octanol–water partition coefficient (Wildman–Crippen LogP) is 5.81. The smallest absolute Gasteiger partial charge is 0.337 e. The number of amides is 1. The van der Waals surface area contributed by atoms with Gasteiger partial charge in [0.05, 0.1) is 18.9 Å². The van der Waals surface area contributed by atoms with E-state index in [4.69, 9.17) is 4.74 Å². The molecule has 0 fully saturated rings. The number of ether oxygens (including phenoxy) is 1. The van der Waals surface area contributed by atoms with Crippen molar-refractivity contribution < 1.29 is 49.1 Å². The van der Waals surface area contributed by atoms with Gasteiger partial charge in [-0.15, -0.1) is 0 Å². The zero-order valence-electron chi connectivity index (χ0n) is 28.4. The number of unbranched alkanes of at least 4 members (excludes halogenated alkanes) is 5. The number of ketones is 1. The Morgan fingerprint density at radius 3 is 1.98 bits per heavy atom. The number of hydrogen-bond donors (Lipinski definition) is 5. The zero-order valence-corrected chi connectivity index (χ0v) is 28.4. The molecule has 0 aliphatic rings. The molecule has 0 radical (unpaired) electrons. The fourth-order valence-corrected chi connectivity index (χ4v) is 5.01. The average Bonchev–Trinajstić information content (AvgIpc) is 2.98. The molecular weight excluding hydrogens is 606 g/mol. The lowest BCUT2D eigenvalue weighted by molar-refractivity contribution is -0.172. The Bertz CT molecular complexity index is 1160. The van der Waals surface area contributed by atoms with E-state index in [0.29, 0.717) is 55.4 Å². The van der Waals surface area contributed by atoms with Crippen LogP contribution in [0.15, 0.2) is 36.4 Å². The number of carbonyl (C=O) groups excluding carboxylic acids is 2. The number of benzene rings is 1. The van der Waals surface area contributed by atoms with Crippen molar-refractivity contribution >= 4 is 29.6 Å². The van der Waals surface area contributed by atoms with Crippen LogP contribution in [-0.2, 0) is 30.4 Å². The first-order chi connectivity index (χ1) is 22.1. The van der Waals surface area contributed by atoms with Gasteiger partial charge in [0.25, 0.3) is 0 Å². The highest BCUT2D eigenvalue weighted by Crippen LogP contribution is 2.26. The Kier molecular flexibility index (Phi) is 19.3. The Morgan fingerprint density at radius 1 is 0.830 bits per heavy atom. The van der Waals surface area contributed by atoms with Crippen LogP contribution in [0.2, 0.25) is 0 Å². The van der Waals surface area contributed by atoms with Gasteiger partial charge in [-0.3, -0.25) is 14.4 Å². The third-order valence-corrected chi connectivity index (χ3v) is 7.92. The number of allylic oxidation sites excluding steroid dienone is 1. The predicted molar refractivity (Wildman–Crippen MR) is 178 cm³/mol. The minimum atomic E-state index is -3.01. The summed E-state index contributed by atoms with van der Waals surface area (Å²) in [6, 6.07) is 5.21. The Balaban J connectivity index is 2.83. The van der Waals surface area contributed by atoms with E-state index >= 15 is 0 Å². The summed E-state index contributed by atoms with van der Waals surface area (Å²) in [5.74, 6) is -5.96. The number of aliphatic hydroxyl groups is 1. The monoisotopic (exact) mass is 661 g/mol. The number of nitrogens with one attached hydrogen (secondary N) is 1. The van der Waals surface area contributed by atoms with E-state index in [1.807, 2.05) is 0 Å².